The fourth-order valence-corrected chi connectivity index (χ4v) is 11.2. The number of nitrogens with zero attached hydrogens (tertiary/aromatic N) is 5. The zero-order valence-corrected chi connectivity index (χ0v) is 45.2. The average Bonchev–Trinajstić information content (AvgIpc) is 3.81. The third-order valence-corrected chi connectivity index (χ3v) is 15.8. The van der Waals surface area contributed by atoms with Gasteiger partial charge in [-0.15, -0.1) is 5.10 Å². The largest absolute Gasteiger partial charge is 0.493 e. The maximum Gasteiger partial charge on any atom is 0.311 e. The number of carbonyl (C=O) groups excluding carboxylic acids is 1. The van der Waals surface area contributed by atoms with E-state index in [1.165, 1.54) is 14.0 Å². The molecule has 4 heterocycles. The Morgan fingerprint density at radius 3 is 2.25 bits per heavy atom. The number of methoxy groups -OCH3 is 3. The van der Waals surface area contributed by atoms with E-state index in [0.717, 1.165) is 17.7 Å². The monoisotopic (exact) mass is 1010 g/mol. The van der Waals surface area contributed by atoms with Gasteiger partial charge < -0.3 is 73.2 Å². The smallest absolute Gasteiger partial charge is 0.311 e. The Balaban J connectivity index is 1.41. The van der Waals surface area contributed by atoms with Crippen molar-refractivity contribution in [3.8, 4) is 11.5 Å². The molecular formula is C52H89N5O14. The SMILES string of the molecule is CC[C@H]1OC(=O)[C@H](C)[C@@H](O[C@H]2C[C@@](C)(OC)[C@@H](O)[C@H](C)O2)[C@H](C)[C@@H](O[C@H]2C[C@@H](N(C)CCc3cn([C@H](CO)Cc4ccc(OC)c(OC)c4)nn3)C[C@@H](C)O2)[C@](C)(O)C[C@@H](C)CN(C)[C@H](C)[C@@H](O)[C@]1(C)O. The number of esters is 1. The Morgan fingerprint density at radius 1 is 0.930 bits per heavy atom. The minimum Gasteiger partial charge on any atom is -0.493 e. The van der Waals surface area contributed by atoms with Crippen LogP contribution in [0.4, 0.5) is 0 Å². The quantitative estimate of drug-likeness (QED) is 0.150. The number of aromatic nitrogens is 3. The number of cyclic esters (lactones) is 1. The van der Waals surface area contributed by atoms with Crippen LogP contribution in [0.25, 0.3) is 0 Å². The summed E-state index contributed by atoms with van der Waals surface area (Å²) in [6, 6.07) is 4.82. The molecular weight excluding hydrogens is 919 g/mol. The first-order valence-corrected chi connectivity index (χ1v) is 25.6. The topological polar surface area (TPSA) is 229 Å². The van der Waals surface area contributed by atoms with E-state index in [-0.39, 0.29) is 50.0 Å². The van der Waals surface area contributed by atoms with Crippen molar-refractivity contribution < 1.29 is 68.2 Å². The number of benzene rings is 1. The van der Waals surface area contributed by atoms with E-state index in [2.05, 4.69) is 22.3 Å². The molecule has 0 bridgehead atoms. The predicted molar refractivity (Wildman–Crippen MR) is 265 cm³/mol. The fraction of sp³-hybridized carbons (Fsp3) is 0.827. The zero-order chi connectivity index (χ0) is 52.7. The van der Waals surface area contributed by atoms with Crippen LogP contribution in [0.1, 0.15) is 119 Å². The third kappa shape index (κ3) is 14.2. The first kappa shape index (κ1) is 58.8. The van der Waals surface area contributed by atoms with Crippen LogP contribution in [0.5, 0.6) is 11.5 Å². The van der Waals surface area contributed by atoms with Gasteiger partial charge in [-0.25, -0.2) is 4.68 Å². The van der Waals surface area contributed by atoms with Gasteiger partial charge >= 0.3 is 5.97 Å². The number of ether oxygens (including phenoxy) is 8. The summed E-state index contributed by atoms with van der Waals surface area (Å²) in [5.41, 5.74) is -2.63. The maximum absolute atomic E-state index is 14.5. The molecule has 406 valence electrons. The lowest BCUT2D eigenvalue weighted by atomic mass is 9.77. The number of hydrogen-bond donors (Lipinski definition) is 5. The van der Waals surface area contributed by atoms with Crippen molar-refractivity contribution in [1.82, 2.24) is 24.8 Å². The molecule has 3 fully saturated rings. The van der Waals surface area contributed by atoms with Gasteiger partial charge in [0.25, 0.3) is 0 Å². The van der Waals surface area contributed by atoms with Gasteiger partial charge in [0.15, 0.2) is 24.1 Å². The molecule has 71 heavy (non-hydrogen) atoms. The summed E-state index contributed by atoms with van der Waals surface area (Å²) >= 11 is 0. The molecule has 0 amide bonds. The van der Waals surface area contributed by atoms with Crippen molar-refractivity contribution in [3.05, 3.63) is 35.7 Å². The Bertz CT molecular complexity index is 1970. The summed E-state index contributed by atoms with van der Waals surface area (Å²) in [5, 5.41) is 66.7. The minimum atomic E-state index is -1.81. The number of aliphatic hydroxyl groups excluding tert-OH is 3. The van der Waals surface area contributed by atoms with Crippen LogP contribution in [0.3, 0.4) is 0 Å². The summed E-state index contributed by atoms with van der Waals surface area (Å²) in [6.07, 6.45) is -3.06. The third-order valence-electron chi connectivity index (χ3n) is 15.8. The van der Waals surface area contributed by atoms with Crippen molar-refractivity contribution in [1.29, 1.82) is 0 Å². The molecule has 3 aliphatic heterocycles. The molecule has 0 aliphatic carbocycles. The Hall–Kier alpha value is -3.05. The summed E-state index contributed by atoms with van der Waals surface area (Å²) in [6.45, 7) is 19.0. The van der Waals surface area contributed by atoms with Gasteiger partial charge in [0.05, 0.1) is 74.1 Å². The molecule has 19 nitrogen and oxygen atoms in total. The van der Waals surface area contributed by atoms with E-state index < -0.39 is 89.9 Å². The lowest BCUT2D eigenvalue weighted by Crippen LogP contribution is -2.59. The highest BCUT2D eigenvalue weighted by atomic mass is 16.7. The van der Waals surface area contributed by atoms with Gasteiger partial charge in [-0.1, -0.05) is 32.1 Å². The second kappa shape index (κ2) is 25.0. The highest BCUT2D eigenvalue weighted by molar-refractivity contribution is 5.73. The molecule has 0 radical (unpaired) electrons. The number of carbonyl (C=O) groups is 1. The lowest BCUT2D eigenvalue weighted by molar-refractivity contribution is -0.308. The second-order valence-corrected chi connectivity index (χ2v) is 21.7. The van der Waals surface area contributed by atoms with Gasteiger partial charge in [-0.2, -0.15) is 0 Å². The van der Waals surface area contributed by atoms with Crippen LogP contribution in [0.2, 0.25) is 0 Å². The molecule has 0 spiro atoms. The molecule has 2 aromatic rings. The lowest BCUT2D eigenvalue weighted by Gasteiger charge is -2.48. The van der Waals surface area contributed by atoms with Gasteiger partial charge in [-0.3, -0.25) is 4.79 Å². The number of likely N-dealkylation sites (N-methyl/N-ethyl adjacent to an activating group) is 2. The highest BCUT2D eigenvalue weighted by Gasteiger charge is 2.52. The molecule has 19 heteroatoms. The zero-order valence-electron chi connectivity index (χ0n) is 45.2. The van der Waals surface area contributed by atoms with Crippen LogP contribution >= 0.6 is 0 Å². The maximum atomic E-state index is 14.5. The number of aliphatic hydroxyl groups is 5. The molecule has 5 N–H and O–H groups in total. The van der Waals surface area contributed by atoms with E-state index in [4.69, 9.17) is 37.9 Å². The summed E-state index contributed by atoms with van der Waals surface area (Å²) in [7, 11) is 8.63. The average molecular weight is 1010 g/mol. The Labute approximate surface area is 422 Å². The normalized spacial score (nSPS) is 38.8. The highest BCUT2D eigenvalue weighted by Crippen LogP contribution is 2.40. The number of rotatable bonds is 16. The first-order chi connectivity index (χ1) is 33.3. The van der Waals surface area contributed by atoms with Crippen molar-refractivity contribution >= 4 is 5.97 Å². The van der Waals surface area contributed by atoms with Crippen LogP contribution < -0.4 is 9.47 Å². The summed E-state index contributed by atoms with van der Waals surface area (Å²) < 4.78 is 51.3. The molecule has 1 aromatic heterocycles. The van der Waals surface area contributed by atoms with Crippen LogP contribution in [-0.4, -0.2) is 196 Å². The Kier molecular flexibility index (Phi) is 20.7. The van der Waals surface area contributed by atoms with Crippen molar-refractivity contribution in [2.24, 2.45) is 17.8 Å². The van der Waals surface area contributed by atoms with E-state index in [1.807, 2.05) is 64.0 Å². The predicted octanol–water partition coefficient (Wildman–Crippen LogP) is 3.93. The van der Waals surface area contributed by atoms with E-state index in [9.17, 15) is 30.3 Å². The number of hydrogen-bond acceptors (Lipinski definition) is 18. The van der Waals surface area contributed by atoms with Gasteiger partial charge in [0, 0.05) is 63.7 Å². The molecule has 3 aliphatic rings. The summed E-state index contributed by atoms with van der Waals surface area (Å²) in [5.74, 6) is -1.28. The molecule has 0 unspecified atom stereocenters. The van der Waals surface area contributed by atoms with Crippen molar-refractivity contribution in [2.45, 2.75) is 204 Å². The van der Waals surface area contributed by atoms with Gasteiger partial charge in [0.1, 0.15) is 23.9 Å². The first-order valence-electron chi connectivity index (χ1n) is 25.6. The molecule has 3 saturated heterocycles. The van der Waals surface area contributed by atoms with Gasteiger partial charge in [0.2, 0.25) is 0 Å². The van der Waals surface area contributed by atoms with Crippen LogP contribution in [0.15, 0.2) is 24.4 Å². The van der Waals surface area contributed by atoms with Crippen LogP contribution in [0, 0.1) is 17.8 Å². The van der Waals surface area contributed by atoms with Gasteiger partial charge in [-0.05, 0) is 112 Å². The van der Waals surface area contributed by atoms with E-state index >= 15 is 0 Å². The Morgan fingerprint density at radius 2 is 1.62 bits per heavy atom. The molecule has 0 saturated carbocycles. The van der Waals surface area contributed by atoms with E-state index in [1.54, 1.807) is 53.5 Å². The second-order valence-electron chi connectivity index (χ2n) is 21.7. The van der Waals surface area contributed by atoms with E-state index in [0.29, 0.717) is 43.9 Å². The van der Waals surface area contributed by atoms with Crippen LogP contribution in [-0.2, 0) is 46.1 Å². The van der Waals surface area contributed by atoms with Crippen molar-refractivity contribution in [3.63, 3.8) is 0 Å². The van der Waals surface area contributed by atoms with Crippen molar-refractivity contribution in [2.75, 3.05) is 55.1 Å². The fourth-order valence-electron chi connectivity index (χ4n) is 11.2. The molecule has 1 aromatic carbocycles. The standard InChI is InChI=1S/C52H89N5O14/c1-16-42-52(10,63)46(59)34(6)56(12)27-30(2)25-50(8,62)48(32(4)45(33(5)49(61)69-42)70-44-26-51(9,66-15)47(60)35(7)68-44)71-43-24-38(21-31(3)67-43)55(11)20-19-37-28-57(54-53-37)39(29-58)22-36-17-18-40(64-13)41(23-36)65-14/h17-18,23,28,30-35,38-39,42-48,58-60,62-63H,16,19-22,24-27,29H2,1-15H3/t30-,31-,32+,33-,34-,35+,38+,39+,42-,43+,44+,45+,46-,47+,48-,50-,51-,52-/m1/s1. The molecule has 5 rings (SSSR count). The summed E-state index contributed by atoms with van der Waals surface area (Å²) in [4.78, 5) is 18.7. The molecule has 18 atom stereocenters. The minimum absolute atomic E-state index is 0.0204.